The van der Waals surface area contributed by atoms with E-state index in [9.17, 15) is 4.79 Å². The molecule has 4 nitrogen and oxygen atoms in total. The normalized spacial score (nSPS) is 10.6. The fourth-order valence-corrected chi connectivity index (χ4v) is 1.97. The summed E-state index contributed by atoms with van der Waals surface area (Å²) in [6, 6.07) is 8.80. The number of carboxylic acid groups (broad SMARTS) is 1. The lowest BCUT2D eigenvalue weighted by molar-refractivity contribution is 0.0690. The van der Waals surface area contributed by atoms with Gasteiger partial charge in [-0.25, -0.2) is 9.48 Å². The lowest BCUT2D eigenvalue weighted by Gasteiger charge is -2.06. The lowest BCUT2D eigenvalue weighted by atomic mass is 10.2. The highest BCUT2D eigenvalue weighted by Crippen LogP contribution is 2.18. The second-order valence-corrected chi connectivity index (χ2v) is 4.40. The summed E-state index contributed by atoms with van der Waals surface area (Å²) < 4.78 is 1.64. The van der Waals surface area contributed by atoms with Crippen LogP contribution in [0.4, 0.5) is 0 Å². The van der Waals surface area contributed by atoms with Gasteiger partial charge in [0.15, 0.2) is 5.69 Å². The van der Waals surface area contributed by atoms with Crippen LogP contribution in [0.5, 0.6) is 0 Å². The molecule has 18 heavy (non-hydrogen) atoms. The molecule has 1 aromatic carbocycles. The SMILES string of the molecule is CCCc1cc(C(=O)O)nn1-c1cccc(Cl)c1. The van der Waals surface area contributed by atoms with E-state index in [1.165, 1.54) is 0 Å². The predicted molar refractivity (Wildman–Crippen MR) is 69.5 cm³/mol. The zero-order valence-electron chi connectivity index (χ0n) is 9.93. The van der Waals surface area contributed by atoms with Crippen molar-refractivity contribution in [3.63, 3.8) is 0 Å². The van der Waals surface area contributed by atoms with Gasteiger partial charge in [-0.2, -0.15) is 5.10 Å². The molecular formula is C13H13ClN2O2. The van der Waals surface area contributed by atoms with Crippen molar-refractivity contribution in [2.75, 3.05) is 0 Å². The van der Waals surface area contributed by atoms with Gasteiger partial charge in [-0.3, -0.25) is 0 Å². The highest BCUT2D eigenvalue weighted by Gasteiger charge is 2.13. The number of hydrogen-bond acceptors (Lipinski definition) is 2. The molecule has 1 heterocycles. The summed E-state index contributed by atoms with van der Waals surface area (Å²) in [7, 11) is 0. The third-order valence-corrected chi connectivity index (χ3v) is 2.80. The minimum Gasteiger partial charge on any atom is -0.476 e. The van der Waals surface area contributed by atoms with Crippen LogP contribution < -0.4 is 0 Å². The minimum atomic E-state index is -1.02. The van der Waals surface area contributed by atoms with Gasteiger partial charge in [0.05, 0.1) is 5.69 Å². The molecule has 5 heteroatoms. The van der Waals surface area contributed by atoms with Crippen LogP contribution in [0.25, 0.3) is 5.69 Å². The molecule has 2 rings (SSSR count). The first-order chi connectivity index (χ1) is 8.61. The topological polar surface area (TPSA) is 55.1 Å². The third-order valence-electron chi connectivity index (χ3n) is 2.56. The van der Waals surface area contributed by atoms with Crippen LogP contribution in [-0.4, -0.2) is 20.9 Å². The van der Waals surface area contributed by atoms with Crippen molar-refractivity contribution < 1.29 is 9.90 Å². The first kappa shape index (κ1) is 12.6. The molecule has 2 aromatic rings. The average Bonchev–Trinajstić information content (AvgIpc) is 2.74. The first-order valence-corrected chi connectivity index (χ1v) is 6.07. The van der Waals surface area contributed by atoms with Crippen molar-refractivity contribution >= 4 is 17.6 Å². The fourth-order valence-electron chi connectivity index (χ4n) is 1.79. The maximum Gasteiger partial charge on any atom is 0.356 e. The maximum absolute atomic E-state index is 11.0. The Morgan fingerprint density at radius 3 is 2.83 bits per heavy atom. The number of carbonyl (C=O) groups is 1. The third kappa shape index (κ3) is 2.54. The summed E-state index contributed by atoms with van der Waals surface area (Å²) in [6.07, 6.45) is 1.69. The number of rotatable bonds is 4. The summed E-state index contributed by atoms with van der Waals surface area (Å²) in [4.78, 5) is 11.0. The molecule has 0 bridgehead atoms. The van der Waals surface area contributed by atoms with Crippen molar-refractivity contribution in [3.05, 3.63) is 46.7 Å². The van der Waals surface area contributed by atoms with Crippen molar-refractivity contribution in [3.8, 4) is 5.69 Å². The monoisotopic (exact) mass is 264 g/mol. The zero-order valence-corrected chi connectivity index (χ0v) is 10.7. The molecule has 0 saturated heterocycles. The quantitative estimate of drug-likeness (QED) is 0.923. The minimum absolute atomic E-state index is 0.0541. The molecule has 0 spiro atoms. The number of hydrogen-bond donors (Lipinski definition) is 1. The van der Waals surface area contributed by atoms with Crippen LogP contribution >= 0.6 is 11.6 Å². The Bertz CT molecular complexity index is 578. The summed E-state index contributed by atoms with van der Waals surface area (Å²) in [5.41, 5.74) is 1.70. The number of aryl methyl sites for hydroxylation is 1. The summed E-state index contributed by atoms with van der Waals surface area (Å²) >= 11 is 5.94. The molecule has 0 aliphatic heterocycles. The Morgan fingerprint density at radius 2 is 2.22 bits per heavy atom. The molecule has 0 atom stereocenters. The van der Waals surface area contributed by atoms with E-state index >= 15 is 0 Å². The molecule has 94 valence electrons. The molecule has 0 amide bonds. The van der Waals surface area contributed by atoms with Gasteiger partial charge in [0, 0.05) is 10.7 Å². The van der Waals surface area contributed by atoms with Gasteiger partial charge in [0.25, 0.3) is 0 Å². The fraction of sp³-hybridized carbons (Fsp3) is 0.231. The predicted octanol–water partition coefficient (Wildman–Crippen LogP) is 3.18. The highest BCUT2D eigenvalue weighted by molar-refractivity contribution is 6.30. The van der Waals surface area contributed by atoms with E-state index in [0.29, 0.717) is 5.02 Å². The van der Waals surface area contributed by atoms with E-state index in [4.69, 9.17) is 16.7 Å². The average molecular weight is 265 g/mol. The molecule has 1 aromatic heterocycles. The Kier molecular flexibility index (Phi) is 3.67. The lowest BCUT2D eigenvalue weighted by Crippen LogP contribution is -2.03. The largest absolute Gasteiger partial charge is 0.476 e. The van der Waals surface area contributed by atoms with E-state index in [1.54, 1.807) is 22.9 Å². The second kappa shape index (κ2) is 5.23. The van der Waals surface area contributed by atoms with Gasteiger partial charge in [-0.05, 0) is 30.7 Å². The standard InChI is InChI=1S/C13H13ClN2O2/c1-2-4-10-8-12(13(17)18)15-16(10)11-6-3-5-9(14)7-11/h3,5-8H,2,4H2,1H3,(H,17,18). The summed E-state index contributed by atoms with van der Waals surface area (Å²) in [5, 5.41) is 13.7. The van der Waals surface area contributed by atoms with Crippen LogP contribution in [0.15, 0.2) is 30.3 Å². The van der Waals surface area contributed by atoms with E-state index < -0.39 is 5.97 Å². The number of carboxylic acids is 1. The first-order valence-electron chi connectivity index (χ1n) is 5.70. The molecule has 0 unspecified atom stereocenters. The maximum atomic E-state index is 11.0. The van der Waals surface area contributed by atoms with Crippen LogP contribution in [-0.2, 0) is 6.42 Å². The van der Waals surface area contributed by atoms with Crippen LogP contribution in [0.1, 0.15) is 29.5 Å². The van der Waals surface area contributed by atoms with E-state index in [-0.39, 0.29) is 5.69 Å². The van der Waals surface area contributed by atoms with Crippen LogP contribution in [0.2, 0.25) is 5.02 Å². The van der Waals surface area contributed by atoms with Gasteiger partial charge in [0.1, 0.15) is 0 Å². The van der Waals surface area contributed by atoms with Gasteiger partial charge < -0.3 is 5.11 Å². The van der Waals surface area contributed by atoms with Crippen LogP contribution in [0, 0.1) is 0 Å². The van der Waals surface area contributed by atoms with Gasteiger partial charge >= 0.3 is 5.97 Å². The molecular weight excluding hydrogens is 252 g/mol. The Hall–Kier alpha value is -1.81. The zero-order chi connectivity index (χ0) is 13.1. The van der Waals surface area contributed by atoms with Gasteiger partial charge in [-0.1, -0.05) is 31.0 Å². The van der Waals surface area contributed by atoms with E-state index in [1.807, 2.05) is 19.1 Å². The number of nitrogens with zero attached hydrogens (tertiary/aromatic N) is 2. The molecule has 0 saturated carbocycles. The Morgan fingerprint density at radius 1 is 1.44 bits per heavy atom. The molecule has 0 radical (unpaired) electrons. The molecule has 0 aliphatic rings. The number of halogens is 1. The van der Waals surface area contributed by atoms with Crippen molar-refractivity contribution in [1.29, 1.82) is 0 Å². The number of aromatic carboxylic acids is 1. The smallest absolute Gasteiger partial charge is 0.356 e. The highest BCUT2D eigenvalue weighted by atomic mass is 35.5. The van der Waals surface area contributed by atoms with Gasteiger partial charge in [0.2, 0.25) is 0 Å². The Balaban J connectivity index is 2.51. The van der Waals surface area contributed by atoms with E-state index in [0.717, 1.165) is 24.2 Å². The van der Waals surface area contributed by atoms with Gasteiger partial charge in [-0.15, -0.1) is 0 Å². The molecule has 0 aliphatic carbocycles. The van der Waals surface area contributed by atoms with E-state index in [2.05, 4.69) is 5.10 Å². The number of aromatic nitrogens is 2. The number of benzene rings is 1. The second-order valence-electron chi connectivity index (χ2n) is 3.97. The van der Waals surface area contributed by atoms with Crippen molar-refractivity contribution in [2.45, 2.75) is 19.8 Å². The molecule has 0 fully saturated rings. The van der Waals surface area contributed by atoms with Crippen molar-refractivity contribution in [1.82, 2.24) is 9.78 Å². The van der Waals surface area contributed by atoms with Crippen molar-refractivity contribution in [2.24, 2.45) is 0 Å². The summed E-state index contributed by atoms with van der Waals surface area (Å²) in [5.74, 6) is -1.02. The summed E-state index contributed by atoms with van der Waals surface area (Å²) in [6.45, 7) is 2.04. The molecule has 1 N–H and O–H groups in total. The van der Waals surface area contributed by atoms with Crippen LogP contribution in [0.3, 0.4) is 0 Å². The Labute approximate surface area is 110 Å².